The van der Waals surface area contributed by atoms with Crippen LogP contribution in [-0.2, 0) is 13.2 Å². The van der Waals surface area contributed by atoms with Gasteiger partial charge in [-0.15, -0.1) is 15.3 Å². The van der Waals surface area contributed by atoms with E-state index in [1.54, 1.807) is 4.52 Å². The molecule has 0 aliphatic carbocycles. The van der Waals surface area contributed by atoms with Gasteiger partial charge in [0.2, 0.25) is 11.7 Å². The number of hydrogen-bond acceptors (Lipinski definition) is 8. The van der Waals surface area contributed by atoms with E-state index in [9.17, 15) is 0 Å². The molecule has 0 aliphatic heterocycles. The van der Waals surface area contributed by atoms with Gasteiger partial charge in [0, 0.05) is 23.4 Å². The van der Waals surface area contributed by atoms with E-state index in [1.165, 1.54) is 5.56 Å². The molecule has 180 valence electrons. The zero-order chi connectivity index (χ0) is 24.2. The van der Waals surface area contributed by atoms with Gasteiger partial charge in [0.15, 0.2) is 11.3 Å². The molecule has 3 heterocycles. The largest absolute Gasteiger partial charge is 0.471 e. The van der Waals surface area contributed by atoms with Crippen molar-refractivity contribution in [2.45, 2.75) is 26.5 Å². The third kappa shape index (κ3) is 5.16. The summed E-state index contributed by atoms with van der Waals surface area (Å²) in [7, 11) is 4.19. The maximum atomic E-state index is 6.25. The Hall–Kier alpha value is -3.82. The Balaban J connectivity index is 1.36. The molecule has 35 heavy (non-hydrogen) atoms. The summed E-state index contributed by atoms with van der Waals surface area (Å²) in [5, 5.41) is 22.8. The summed E-state index contributed by atoms with van der Waals surface area (Å²) in [6, 6.07) is 18.2. The lowest BCUT2D eigenvalue weighted by Gasteiger charge is -2.12. The zero-order valence-electron chi connectivity index (χ0n) is 20.2. The van der Waals surface area contributed by atoms with Crippen molar-refractivity contribution in [2.75, 3.05) is 27.2 Å². The Kier molecular flexibility index (Phi) is 6.69. The minimum absolute atomic E-state index is 0.400. The first kappa shape index (κ1) is 22.9. The standard InChI is InChI=1S/C26H29N7O2/c1-18-14-23(31-35-18)25-29-28-24-21-10-4-5-11-22(21)26(30-33(24)25)34-17-20-9-6-8-19(15-20)16-27-12-7-13-32(2)3/h4-6,8-11,14-15,27H,7,12-13,16-17H2,1-3H3. The number of hydrogen-bond donors (Lipinski definition) is 1. The van der Waals surface area contributed by atoms with Gasteiger partial charge >= 0.3 is 0 Å². The Bertz CT molecular complexity index is 1440. The molecule has 5 rings (SSSR count). The summed E-state index contributed by atoms with van der Waals surface area (Å²) >= 11 is 0. The van der Waals surface area contributed by atoms with E-state index in [0.717, 1.165) is 42.4 Å². The number of benzene rings is 2. The summed E-state index contributed by atoms with van der Waals surface area (Å²) in [6.07, 6.45) is 1.12. The SMILES string of the molecule is Cc1cc(-c2nnc3c4ccccc4c(OCc4cccc(CNCCCN(C)C)c4)nn23)no1. The highest BCUT2D eigenvalue weighted by atomic mass is 16.5. The minimum Gasteiger partial charge on any atom is -0.471 e. The first-order valence-corrected chi connectivity index (χ1v) is 11.7. The second kappa shape index (κ2) is 10.2. The van der Waals surface area contributed by atoms with E-state index in [1.807, 2.05) is 37.3 Å². The second-order valence-electron chi connectivity index (χ2n) is 8.87. The molecule has 3 aromatic heterocycles. The van der Waals surface area contributed by atoms with E-state index in [0.29, 0.717) is 35.4 Å². The van der Waals surface area contributed by atoms with Crippen LogP contribution in [0.1, 0.15) is 23.3 Å². The third-order valence-electron chi connectivity index (χ3n) is 5.74. The number of aromatic nitrogens is 5. The quantitative estimate of drug-likeness (QED) is 0.307. The van der Waals surface area contributed by atoms with E-state index < -0.39 is 0 Å². The average Bonchev–Trinajstić information content (AvgIpc) is 3.48. The van der Waals surface area contributed by atoms with Gasteiger partial charge in [0.1, 0.15) is 12.4 Å². The van der Waals surface area contributed by atoms with Gasteiger partial charge < -0.3 is 19.5 Å². The first-order chi connectivity index (χ1) is 17.1. The third-order valence-corrected chi connectivity index (χ3v) is 5.74. The Morgan fingerprint density at radius 3 is 2.63 bits per heavy atom. The van der Waals surface area contributed by atoms with Crippen LogP contribution in [-0.4, -0.2) is 57.1 Å². The number of aryl methyl sites for hydroxylation is 1. The lowest BCUT2D eigenvalue weighted by Crippen LogP contribution is -2.21. The van der Waals surface area contributed by atoms with Crippen LogP contribution < -0.4 is 10.1 Å². The summed E-state index contributed by atoms with van der Waals surface area (Å²) in [5.74, 6) is 1.72. The van der Waals surface area contributed by atoms with Crippen molar-refractivity contribution in [1.82, 2.24) is 35.2 Å². The van der Waals surface area contributed by atoms with Crippen LogP contribution in [0.3, 0.4) is 0 Å². The van der Waals surface area contributed by atoms with Gasteiger partial charge in [-0.2, -0.15) is 4.52 Å². The number of nitrogens with zero attached hydrogens (tertiary/aromatic N) is 6. The van der Waals surface area contributed by atoms with Crippen molar-refractivity contribution >= 4 is 16.4 Å². The highest BCUT2D eigenvalue weighted by Gasteiger charge is 2.18. The van der Waals surface area contributed by atoms with Gasteiger partial charge in [-0.3, -0.25) is 0 Å². The number of rotatable bonds is 10. The van der Waals surface area contributed by atoms with Gasteiger partial charge in [-0.05, 0) is 57.7 Å². The predicted molar refractivity (Wildman–Crippen MR) is 134 cm³/mol. The topological polar surface area (TPSA) is 93.6 Å². The molecule has 0 fully saturated rings. The molecule has 1 N–H and O–H groups in total. The van der Waals surface area contributed by atoms with Crippen LogP contribution >= 0.6 is 0 Å². The Morgan fingerprint density at radius 1 is 1.00 bits per heavy atom. The molecule has 0 radical (unpaired) electrons. The van der Waals surface area contributed by atoms with Crippen LogP contribution in [0.2, 0.25) is 0 Å². The maximum absolute atomic E-state index is 6.25. The summed E-state index contributed by atoms with van der Waals surface area (Å²) in [5.41, 5.74) is 3.53. The molecule has 0 atom stereocenters. The van der Waals surface area contributed by atoms with E-state index in [4.69, 9.17) is 14.4 Å². The van der Waals surface area contributed by atoms with E-state index in [-0.39, 0.29) is 0 Å². The second-order valence-corrected chi connectivity index (χ2v) is 8.87. The summed E-state index contributed by atoms with van der Waals surface area (Å²) < 4.78 is 13.1. The van der Waals surface area contributed by atoms with Crippen LogP contribution in [0, 0.1) is 6.92 Å². The van der Waals surface area contributed by atoms with Gasteiger partial charge in [0.25, 0.3) is 0 Å². The van der Waals surface area contributed by atoms with Crippen molar-refractivity contribution in [3.63, 3.8) is 0 Å². The number of nitrogens with one attached hydrogen (secondary N) is 1. The first-order valence-electron chi connectivity index (χ1n) is 11.7. The number of ether oxygens (including phenoxy) is 1. The molecule has 0 saturated heterocycles. The molecule has 0 spiro atoms. The fourth-order valence-corrected chi connectivity index (χ4v) is 4.02. The molecular formula is C26H29N7O2. The molecular weight excluding hydrogens is 442 g/mol. The highest BCUT2D eigenvalue weighted by molar-refractivity contribution is 5.96. The van der Waals surface area contributed by atoms with E-state index >= 15 is 0 Å². The summed E-state index contributed by atoms with van der Waals surface area (Å²) in [4.78, 5) is 2.20. The molecule has 9 heteroatoms. The molecule has 2 aromatic carbocycles. The van der Waals surface area contributed by atoms with Gasteiger partial charge in [-0.25, -0.2) is 0 Å². The van der Waals surface area contributed by atoms with Crippen LogP contribution in [0.4, 0.5) is 0 Å². The van der Waals surface area contributed by atoms with Gasteiger partial charge in [0.05, 0.1) is 0 Å². The predicted octanol–water partition coefficient (Wildman–Crippen LogP) is 3.86. The Morgan fingerprint density at radius 2 is 1.83 bits per heavy atom. The Labute approximate surface area is 203 Å². The monoisotopic (exact) mass is 471 g/mol. The van der Waals surface area contributed by atoms with Gasteiger partial charge in [-0.1, -0.05) is 47.6 Å². The smallest absolute Gasteiger partial charge is 0.240 e. The van der Waals surface area contributed by atoms with Crippen molar-refractivity contribution in [2.24, 2.45) is 0 Å². The zero-order valence-corrected chi connectivity index (χ0v) is 20.2. The summed E-state index contributed by atoms with van der Waals surface area (Å²) in [6.45, 7) is 5.13. The molecule has 0 aliphatic rings. The minimum atomic E-state index is 0.400. The molecule has 9 nitrogen and oxygen atoms in total. The molecule has 0 saturated carbocycles. The molecule has 0 amide bonds. The van der Waals surface area contributed by atoms with Crippen molar-refractivity contribution < 1.29 is 9.26 Å². The lowest BCUT2D eigenvalue weighted by atomic mass is 10.1. The number of fused-ring (bicyclic) bond motifs is 3. The average molecular weight is 472 g/mol. The van der Waals surface area contributed by atoms with Crippen molar-refractivity contribution in [3.05, 3.63) is 71.5 Å². The molecule has 0 bridgehead atoms. The fraction of sp³-hybridized carbons (Fsp3) is 0.308. The van der Waals surface area contributed by atoms with E-state index in [2.05, 4.69) is 63.9 Å². The fourth-order valence-electron chi connectivity index (χ4n) is 4.02. The normalized spacial score (nSPS) is 11.7. The van der Waals surface area contributed by atoms with Crippen molar-refractivity contribution in [3.8, 4) is 17.4 Å². The van der Waals surface area contributed by atoms with Crippen LogP contribution in [0.5, 0.6) is 5.88 Å². The molecule has 5 aromatic rings. The maximum Gasteiger partial charge on any atom is 0.240 e. The van der Waals surface area contributed by atoms with Crippen LogP contribution in [0.25, 0.3) is 27.9 Å². The van der Waals surface area contributed by atoms with Crippen LogP contribution in [0.15, 0.2) is 59.1 Å². The highest BCUT2D eigenvalue weighted by Crippen LogP contribution is 2.29. The molecule has 0 unspecified atom stereocenters. The van der Waals surface area contributed by atoms with Crippen molar-refractivity contribution in [1.29, 1.82) is 0 Å². The lowest BCUT2D eigenvalue weighted by molar-refractivity contribution is 0.293.